The van der Waals surface area contributed by atoms with Crippen LogP contribution in [-0.4, -0.2) is 35.8 Å². The third-order valence-electron chi connectivity index (χ3n) is 6.47. The van der Waals surface area contributed by atoms with Crippen molar-refractivity contribution in [2.75, 3.05) is 24.7 Å². The van der Waals surface area contributed by atoms with Crippen LogP contribution in [0.1, 0.15) is 45.6 Å². The summed E-state index contributed by atoms with van der Waals surface area (Å²) in [5.41, 5.74) is 18.0. The second kappa shape index (κ2) is 10.9. The highest BCUT2D eigenvalue weighted by molar-refractivity contribution is 6.01. The molecule has 1 aliphatic rings. The van der Waals surface area contributed by atoms with Gasteiger partial charge in [0.15, 0.2) is 0 Å². The zero-order chi connectivity index (χ0) is 24.9. The molecule has 0 aliphatic heterocycles. The molecular weight excluding hydrogens is 442 g/mol. The molecular formula is C27H37N5O3. The van der Waals surface area contributed by atoms with Gasteiger partial charge in [0.05, 0.1) is 29.6 Å². The van der Waals surface area contributed by atoms with Crippen molar-refractivity contribution < 1.29 is 14.6 Å². The van der Waals surface area contributed by atoms with Crippen molar-refractivity contribution in [3.63, 3.8) is 0 Å². The molecule has 7 N–H and O–H groups in total. The van der Waals surface area contributed by atoms with Gasteiger partial charge in [-0.15, -0.1) is 0 Å². The topological polar surface area (TPSA) is 120 Å². The van der Waals surface area contributed by atoms with E-state index in [-0.39, 0.29) is 6.10 Å². The van der Waals surface area contributed by atoms with Crippen molar-refractivity contribution in [2.45, 2.75) is 58.1 Å². The largest absolute Gasteiger partial charge is 0.493 e. The lowest BCUT2D eigenvalue weighted by molar-refractivity contribution is -0.105. The third-order valence-corrected chi connectivity index (χ3v) is 6.47. The first-order valence-electron chi connectivity index (χ1n) is 12.3. The Morgan fingerprint density at radius 3 is 2.54 bits per heavy atom. The highest BCUT2D eigenvalue weighted by Gasteiger charge is 2.27. The molecule has 8 heteroatoms. The third kappa shape index (κ3) is 5.49. The number of hydrogen-bond acceptors (Lipinski definition) is 7. The number of fused-ring (bicyclic) bond motifs is 1. The van der Waals surface area contributed by atoms with Gasteiger partial charge in [-0.05, 0) is 57.4 Å². The number of nitrogens with zero attached hydrogens (tertiary/aromatic N) is 1. The van der Waals surface area contributed by atoms with E-state index in [1.165, 1.54) is 6.42 Å². The zero-order valence-corrected chi connectivity index (χ0v) is 20.8. The maximum absolute atomic E-state index is 10.0. The maximum atomic E-state index is 10.0. The molecule has 4 rings (SSSR count). The molecule has 1 fully saturated rings. The average Bonchev–Trinajstić information content (AvgIpc) is 3.07. The summed E-state index contributed by atoms with van der Waals surface area (Å²) >= 11 is 0. The molecule has 8 nitrogen and oxygen atoms in total. The lowest BCUT2D eigenvalue weighted by Gasteiger charge is -2.30. The first-order valence-corrected chi connectivity index (χ1v) is 12.3. The Bertz CT molecular complexity index is 1170. The average molecular weight is 480 g/mol. The summed E-state index contributed by atoms with van der Waals surface area (Å²) < 4.78 is 13.8. The Morgan fingerprint density at radius 2 is 1.94 bits per heavy atom. The fourth-order valence-corrected chi connectivity index (χ4v) is 4.45. The minimum Gasteiger partial charge on any atom is -0.493 e. The highest BCUT2D eigenvalue weighted by atomic mass is 16.6. The van der Waals surface area contributed by atoms with Gasteiger partial charge < -0.3 is 41.2 Å². The summed E-state index contributed by atoms with van der Waals surface area (Å²) in [7, 11) is 1.85. The Labute approximate surface area is 206 Å². The van der Waals surface area contributed by atoms with Crippen LogP contribution in [0.3, 0.4) is 0 Å². The van der Waals surface area contributed by atoms with Gasteiger partial charge in [0, 0.05) is 54.1 Å². The molecule has 35 heavy (non-hydrogen) atoms. The summed E-state index contributed by atoms with van der Waals surface area (Å²) in [5.74, 6) is 0.813. The summed E-state index contributed by atoms with van der Waals surface area (Å²) in [4.78, 5) is 0. The Balaban J connectivity index is 1.63. The van der Waals surface area contributed by atoms with Crippen LogP contribution in [0.5, 0.6) is 5.75 Å². The number of anilines is 2. The molecule has 0 radical (unpaired) electrons. The number of aliphatic hydroxyl groups is 1. The normalized spacial score (nSPS) is 15.3. The van der Waals surface area contributed by atoms with Gasteiger partial charge in [-0.2, -0.15) is 0 Å². The summed E-state index contributed by atoms with van der Waals surface area (Å²) in [5, 5.41) is 17.1. The number of rotatable bonds is 11. The Kier molecular flexibility index (Phi) is 7.73. The Morgan fingerprint density at radius 1 is 1.20 bits per heavy atom. The maximum Gasteiger partial charge on any atom is 0.235 e. The minimum absolute atomic E-state index is 0.0777. The Hall–Kier alpha value is -3.36. The van der Waals surface area contributed by atoms with Crippen LogP contribution in [0.2, 0.25) is 0 Å². The monoisotopic (exact) mass is 479 g/mol. The fraction of sp³-hybridized carbons (Fsp3) is 0.407. The molecule has 0 spiro atoms. The van der Waals surface area contributed by atoms with Crippen molar-refractivity contribution in [1.82, 2.24) is 9.88 Å². The summed E-state index contributed by atoms with van der Waals surface area (Å²) in [6.45, 7) is 4.29. The predicted octanol–water partition coefficient (Wildman–Crippen LogP) is 4.52. The first kappa shape index (κ1) is 24.8. The summed E-state index contributed by atoms with van der Waals surface area (Å²) in [6, 6.07) is 14.4. The lowest BCUT2D eigenvalue weighted by Crippen LogP contribution is -2.25. The summed E-state index contributed by atoms with van der Waals surface area (Å²) in [6.07, 6.45) is 4.62. The van der Waals surface area contributed by atoms with E-state index in [9.17, 15) is 5.11 Å². The molecule has 188 valence electrons. The number of nitrogens with two attached hydrogens (primary N) is 2. The van der Waals surface area contributed by atoms with Gasteiger partial charge in [0.1, 0.15) is 5.75 Å². The lowest BCUT2D eigenvalue weighted by atomic mass is 9.92. The first-order chi connectivity index (χ1) is 16.9. The number of aromatic nitrogens is 1. The van der Waals surface area contributed by atoms with Gasteiger partial charge >= 0.3 is 0 Å². The quantitative estimate of drug-likeness (QED) is 0.257. The van der Waals surface area contributed by atoms with Gasteiger partial charge in [-0.3, -0.25) is 0 Å². The molecule has 1 saturated carbocycles. The fourth-order valence-electron chi connectivity index (χ4n) is 4.45. The van der Waals surface area contributed by atoms with Gasteiger partial charge in [-0.1, -0.05) is 12.1 Å². The van der Waals surface area contributed by atoms with Crippen molar-refractivity contribution in [3.05, 3.63) is 54.4 Å². The van der Waals surface area contributed by atoms with E-state index >= 15 is 0 Å². The second-order valence-electron chi connectivity index (χ2n) is 9.20. The number of benzene rings is 2. The SMILES string of the molecule is CN/C(=C\N)CCOc1ccc2c(N)c(-c3ccc(NC(O)OC(C)C)cc3)n(C3CCC3)c2c1. The standard InChI is InChI=1S/C27H37N5O3/c1-17(2)35-27(33)31-19-9-7-18(8-10-19)26-25(29)23-12-11-22(34-14-13-20(16-28)30-3)15-24(23)32(26)21-5-4-6-21/h7-12,15-17,21,27,30-31,33H,4-6,13-14,28-29H2,1-3H3/b20-16-. The van der Waals surface area contributed by atoms with E-state index in [0.717, 1.165) is 57.8 Å². The van der Waals surface area contributed by atoms with Crippen LogP contribution in [0.15, 0.2) is 54.4 Å². The van der Waals surface area contributed by atoms with E-state index in [1.807, 2.05) is 57.3 Å². The van der Waals surface area contributed by atoms with Crippen LogP contribution in [-0.2, 0) is 4.74 Å². The van der Waals surface area contributed by atoms with Crippen molar-refractivity contribution in [2.24, 2.45) is 5.73 Å². The van der Waals surface area contributed by atoms with Crippen LogP contribution in [0.4, 0.5) is 11.4 Å². The van der Waals surface area contributed by atoms with Gasteiger partial charge in [0.2, 0.25) is 6.41 Å². The van der Waals surface area contributed by atoms with E-state index in [2.05, 4.69) is 21.3 Å². The number of aliphatic hydroxyl groups excluding tert-OH is 1. The molecule has 0 amide bonds. The molecule has 1 aliphatic carbocycles. The molecule has 1 heterocycles. The van der Waals surface area contributed by atoms with Crippen molar-refractivity contribution in [3.8, 4) is 17.0 Å². The van der Waals surface area contributed by atoms with E-state index < -0.39 is 6.41 Å². The molecule has 2 aromatic carbocycles. The predicted molar refractivity (Wildman–Crippen MR) is 142 cm³/mol. The molecule has 1 unspecified atom stereocenters. The zero-order valence-electron chi connectivity index (χ0n) is 20.8. The van der Waals surface area contributed by atoms with Crippen LogP contribution in [0.25, 0.3) is 22.2 Å². The van der Waals surface area contributed by atoms with Crippen LogP contribution >= 0.6 is 0 Å². The molecule has 1 aromatic heterocycles. The van der Waals surface area contributed by atoms with E-state index in [1.54, 1.807) is 6.20 Å². The van der Waals surface area contributed by atoms with Crippen LogP contribution in [0, 0.1) is 0 Å². The van der Waals surface area contributed by atoms with E-state index in [0.29, 0.717) is 19.1 Å². The van der Waals surface area contributed by atoms with Gasteiger partial charge in [0.25, 0.3) is 0 Å². The van der Waals surface area contributed by atoms with E-state index in [4.69, 9.17) is 20.9 Å². The van der Waals surface area contributed by atoms with Crippen LogP contribution < -0.4 is 26.8 Å². The molecule has 1 atom stereocenters. The van der Waals surface area contributed by atoms with Gasteiger partial charge in [-0.25, -0.2) is 0 Å². The molecule has 0 bridgehead atoms. The number of ether oxygens (including phenoxy) is 2. The number of nitrogens with one attached hydrogen (secondary N) is 2. The smallest absolute Gasteiger partial charge is 0.235 e. The number of nitrogen functional groups attached to an aromatic ring is 1. The van der Waals surface area contributed by atoms with Crippen molar-refractivity contribution in [1.29, 1.82) is 0 Å². The number of hydrogen-bond donors (Lipinski definition) is 5. The highest BCUT2D eigenvalue weighted by Crippen LogP contribution is 2.45. The second-order valence-corrected chi connectivity index (χ2v) is 9.20. The minimum atomic E-state index is -1.06. The van der Waals surface area contributed by atoms with Crippen molar-refractivity contribution >= 4 is 22.3 Å². The molecule has 3 aromatic rings. The molecule has 0 saturated heterocycles.